The molecule has 4 heterocycles. The molecule has 0 aliphatic carbocycles. The Balaban J connectivity index is 1.30. The fourth-order valence-corrected chi connectivity index (χ4v) is 6.56. The molecule has 5 rings (SSSR count). The maximum absolute atomic E-state index is 13.5. The van der Waals surface area contributed by atoms with E-state index >= 15 is 0 Å². The van der Waals surface area contributed by atoms with Crippen LogP contribution in [0, 0.1) is 6.92 Å². The highest BCUT2D eigenvalue weighted by Gasteiger charge is 2.47. The SMILES string of the molecule is Cc1cc(OC(C)C)ccc1N1C(=O)NC2c3c1ccnc3S[C@H]2C(=O)NC1CCN(C(=O)/C=C/CN(C)C)C1. The van der Waals surface area contributed by atoms with Gasteiger partial charge in [0.15, 0.2) is 0 Å². The minimum atomic E-state index is -0.553. The van der Waals surface area contributed by atoms with E-state index in [9.17, 15) is 14.4 Å². The maximum atomic E-state index is 13.5. The number of hydrogen-bond acceptors (Lipinski definition) is 7. The molecular weight excluding hydrogens is 528 g/mol. The van der Waals surface area contributed by atoms with Gasteiger partial charge in [-0.25, -0.2) is 9.78 Å². The second kappa shape index (κ2) is 11.5. The van der Waals surface area contributed by atoms with Crippen molar-refractivity contribution < 1.29 is 19.1 Å². The van der Waals surface area contributed by atoms with E-state index in [-0.39, 0.29) is 30.0 Å². The number of pyridine rings is 1. The number of nitrogens with one attached hydrogen (secondary N) is 2. The van der Waals surface area contributed by atoms with Gasteiger partial charge in [0.05, 0.1) is 23.5 Å². The highest BCUT2D eigenvalue weighted by molar-refractivity contribution is 8.01. The van der Waals surface area contributed by atoms with E-state index in [2.05, 4.69) is 15.6 Å². The van der Waals surface area contributed by atoms with Crippen LogP contribution in [0.3, 0.4) is 0 Å². The molecule has 1 aromatic heterocycles. The third-order valence-corrected chi connectivity index (χ3v) is 8.41. The highest BCUT2D eigenvalue weighted by atomic mass is 32.2. The van der Waals surface area contributed by atoms with Crippen LogP contribution in [0.5, 0.6) is 5.75 Å². The summed E-state index contributed by atoms with van der Waals surface area (Å²) >= 11 is 1.37. The van der Waals surface area contributed by atoms with Crippen molar-refractivity contribution in [2.45, 2.75) is 55.7 Å². The number of aromatic nitrogens is 1. The van der Waals surface area contributed by atoms with Crippen LogP contribution in [-0.4, -0.2) is 83.8 Å². The molecule has 0 radical (unpaired) electrons. The molecule has 0 spiro atoms. The molecule has 4 amide bonds. The van der Waals surface area contributed by atoms with Crippen molar-refractivity contribution in [2.24, 2.45) is 0 Å². The highest BCUT2D eigenvalue weighted by Crippen LogP contribution is 2.51. The van der Waals surface area contributed by atoms with Crippen LogP contribution in [0.4, 0.5) is 16.2 Å². The maximum Gasteiger partial charge on any atom is 0.327 e. The molecule has 11 heteroatoms. The Morgan fingerprint density at radius 2 is 2.08 bits per heavy atom. The summed E-state index contributed by atoms with van der Waals surface area (Å²) < 4.78 is 5.82. The molecule has 2 N–H and O–H groups in total. The van der Waals surface area contributed by atoms with Crippen LogP contribution >= 0.6 is 11.8 Å². The first-order valence-corrected chi connectivity index (χ1v) is 14.4. The molecule has 3 aliphatic rings. The second-order valence-corrected chi connectivity index (χ2v) is 12.0. The largest absolute Gasteiger partial charge is 0.491 e. The van der Waals surface area contributed by atoms with Gasteiger partial charge in [0.25, 0.3) is 0 Å². The number of thioether (sulfide) groups is 1. The standard InChI is InChI=1S/C29H36N6O4S/c1-17(2)39-20-8-9-21(18(3)15-20)35-22-10-12-30-28-24(22)25(32-29(35)38)26(40-28)27(37)31-19-11-14-34(16-19)23(36)7-6-13-33(4)5/h6-10,12,15,17,19,25-26H,11,13-14,16H2,1-5H3,(H,31,37)(H,32,38)/b7-6+/t19?,25?,26-/m1/s1. The van der Waals surface area contributed by atoms with Crippen molar-refractivity contribution in [3.8, 4) is 5.75 Å². The van der Waals surface area contributed by atoms with Gasteiger partial charge in [-0.2, -0.15) is 0 Å². The lowest BCUT2D eigenvalue weighted by Gasteiger charge is -2.35. The summed E-state index contributed by atoms with van der Waals surface area (Å²) in [5.74, 6) is 0.533. The molecule has 10 nitrogen and oxygen atoms in total. The van der Waals surface area contributed by atoms with Crippen LogP contribution in [0.2, 0.25) is 0 Å². The average Bonchev–Trinajstić information content (AvgIpc) is 3.50. The quantitative estimate of drug-likeness (QED) is 0.474. The molecule has 40 heavy (non-hydrogen) atoms. The van der Waals surface area contributed by atoms with E-state index in [1.54, 1.807) is 22.1 Å². The number of hydrogen-bond donors (Lipinski definition) is 2. The minimum Gasteiger partial charge on any atom is -0.491 e. The van der Waals surface area contributed by atoms with Crippen LogP contribution in [0.15, 0.2) is 47.6 Å². The lowest BCUT2D eigenvalue weighted by Crippen LogP contribution is -2.50. The normalized spacial score (nSPS) is 21.8. The molecule has 1 saturated heterocycles. The number of rotatable bonds is 8. The van der Waals surface area contributed by atoms with Gasteiger partial charge >= 0.3 is 6.03 Å². The first-order chi connectivity index (χ1) is 19.1. The third kappa shape index (κ3) is 5.66. The summed E-state index contributed by atoms with van der Waals surface area (Å²) in [5.41, 5.74) is 3.22. The number of ether oxygens (including phenoxy) is 1. The number of urea groups is 1. The van der Waals surface area contributed by atoms with Gasteiger partial charge in [-0.3, -0.25) is 14.5 Å². The smallest absolute Gasteiger partial charge is 0.327 e. The Hall–Kier alpha value is -3.57. The summed E-state index contributed by atoms with van der Waals surface area (Å²) in [6.45, 7) is 7.64. The van der Waals surface area contributed by atoms with Crippen molar-refractivity contribution in [2.75, 3.05) is 38.6 Å². The lowest BCUT2D eigenvalue weighted by molar-refractivity contribution is -0.126. The van der Waals surface area contributed by atoms with E-state index in [4.69, 9.17) is 4.74 Å². The second-order valence-electron chi connectivity index (χ2n) is 10.9. The van der Waals surface area contributed by atoms with E-state index in [1.807, 2.05) is 70.1 Å². The van der Waals surface area contributed by atoms with E-state index in [0.717, 1.165) is 33.3 Å². The number of nitrogens with zero attached hydrogens (tertiary/aromatic N) is 4. The zero-order valence-corrected chi connectivity index (χ0v) is 24.3. The number of likely N-dealkylation sites (N-methyl/N-ethyl adjacent to an activating group) is 1. The molecule has 0 bridgehead atoms. The van der Waals surface area contributed by atoms with Crippen LogP contribution < -0.4 is 20.3 Å². The molecule has 3 atom stereocenters. The van der Waals surface area contributed by atoms with Gasteiger partial charge in [-0.1, -0.05) is 17.8 Å². The molecule has 2 unspecified atom stereocenters. The Labute approximate surface area is 239 Å². The van der Waals surface area contributed by atoms with Gasteiger partial charge in [0, 0.05) is 43.5 Å². The zero-order chi connectivity index (χ0) is 28.6. The molecule has 1 aromatic carbocycles. The predicted octanol–water partition coefficient (Wildman–Crippen LogP) is 3.39. The van der Waals surface area contributed by atoms with Gasteiger partial charge in [0.2, 0.25) is 11.8 Å². The number of benzene rings is 1. The number of anilines is 2. The topological polar surface area (TPSA) is 107 Å². The molecule has 2 aromatic rings. The van der Waals surface area contributed by atoms with E-state index < -0.39 is 11.3 Å². The Bertz CT molecular complexity index is 1350. The van der Waals surface area contributed by atoms with Gasteiger partial charge in [0.1, 0.15) is 16.0 Å². The number of carbonyl (C=O) groups is 3. The van der Waals surface area contributed by atoms with Crippen molar-refractivity contribution in [3.05, 3.63) is 53.7 Å². The minimum absolute atomic E-state index is 0.0468. The molecule has 212 valence electrons. The number of likely N-dealkylation sites (tertiary alicyclic amines) is 1. The fourth-order valence-electron chi connectivity index (χ4n) is 5.32. The van der Waals surface area contributed by atoms with Crippen molar-refractivity contribution in [3.63, 3.8) is 0 Å². The molecule has 3 aliphatic heterocycles. The first-order valence-electron chi connectivity index (χ1n) is 13.6. The van der Waals surface area contributed by atoms with E-state index in [0.29, 0.717) is 26.1 Å². The predicted molar refractivity (Wildman–Crippen MR) is 155 cm³/mol. The monoisotopic (exact) mass is 564 g/mol. The van der Waals surface area contributed by atoms with Crippen LogP contribution in [0.25, 0.3) is 0 Å². The lowest BCUT2D eigenvalue weighted by atomic mass is 9.99. The van der Waals surface area contributed by atoms with Gasteiger partial charge in [-0.05, 0) is 71.1 Å². The Kier molecular flexibility index (Phi) is 8.04. The van der Waals surface area contributed by atoms with Crippen LogP contribution in [0.1, 0.15) is 37.4 Å². The number of amides is 4. The Morgan fingerprint density at radius 3 is 2.80 bits per heavy atom. The summed E-state index contributed by atoms with van der Waals surface area (Å²) in [7, 11) is 3.89. The zero-order valence-electron chi connectivity index (χ0n) is 23.5. The van der Waals surface area contributed by atoms with Crippen molar-refractivity contribution in [1.82, 2.24) is 25.4 Å². The molecule has 0 saturated carbocycles. The Morgan fingerprint density at radius 1 is 1.27 bits per heavy atom. The molecular formula is C29H36N6O4S. The first kappa shape index (κ1) is 28.0. The van der Waals surface area contributed by atoms with E-state index in [1.165, 1.54) is 11.8 Å². The van der Waals surface area contributed by atoms with Crippen molar-refractivity contribution in [1.29, 1.82) is 0 Å². The number of carbonyl (C=O) groups excluding carboxylic acids is 3. The average molecular weight is 565 g/mol. The summed E-state index contributed by atoms with van der Waals surface area (Å²) in [4.78, 5) is 49.4. The fraction of sp³-hybridized carbons (Fsp3) is 0.448. The van der Waals surface area contributed by atoms with Gasteiger partial charge in [-0.15, -0.1) is 0 Å². The van der Waals surface area contributed by atoms with Crippen LogP contribution in [-0.2, 0) is 9.59 Å². The molecule has 1 fully saturated rings. The number of aryl methyl sites for hydroxylation is 1. The third-order valence-electron chi connectivity index (χ3n) is 7.12. The summed E-state index contributed by atoms with van der Waals surface area (Å²) in [6.07, 6.45) is 5.85. The summed E-state index contributed by atoms with van der Waals surface area (Å²) in [6, 6.07) is 6.57. The van der Waals surface area contributed by atoms with Crippen molar-refractivity contribution >= 4 is 41.0 Å². The van der Waals surface area contributed by atoms with Gasteiger partial charge < -0.3 is 25.2 Å². The summed E-state index contributed by atoms with van der Waals surface area (Å²) in [5, 5.41) is 6.37.